The van der Waals surface area contributed by atoms with Gasteiger partial charge in [-0.1, -0.05) is 12.1 Å². The number of benzene rings is 1. The van der Waals surface area contributed by atoms with Crippen LogP contribution in [0.15, 0.2) is 36.5 Å². The molecule has 0 amide bonds. The van der Waals surface area contributed by atoms with Crippen molar-refractivity contribution in [2.75, 3.05) is 0 Å². The summed E-state index contributed by atoms with van der Waals surface area (Å²) in [7, 11) is 0. The molecule has 0 spiro atoms. The fourth-order valence-corrected chi connectivity index (χ4v) is 2.86. The Labute approximate surface area is 111 Å². The lowest BCUT2D eigenvalue weighted by Crippen LogP contribution is -2.04. The summed E-state index contributed by atoms with van der Waals surface area (Å²) in [6, 6.07) is 9.42. The Hall–Kier alpha value is -2.16. The van der Waals surface area contributed by atoms with Crippen LogP contribution in [0.1, 0.15) is 45.1 Å². The van der Waals surface area contributed by atoms with Gasteiger partial charge in [-0.25, -0.2) is 4.79 Å². The maximum atomic E-state index is 11.1. The average Bonchev–Trinajstić information content (AvgIpc) is 2.83. The van der Waals surface area contributed by atoms with Gasteiger partial charge in [-0.05, 0) is 54.7 Å². The largest absolute Gasteiger partial charge is 0.478 e. The summed E-state index contributed by atoms with van der Waals surface area (Å²) >= 11 is 0. The highest BCUT2D eigenvalue weighted by Gasteiger charge is 2.26. The molecule has 3 nitrogen and oxygen atoms in total. The van der Waals surface area contributed by atoms with Gasteiger partial charge in [0.25, 0.3) is 0 Å². The Morgan fingerprint density at radius 2 is 2.21 bits per heavy atom. The molecule has 0 saturated heterocycles. The summed E-state index contributed by atoms with van der Waals surface area (Å²) in [6.07, 6.45) is 3.84. The lowest BCUT2D eigenvalue weighted by atomic mass is 9.91. The number of pyridine rings is 1. The molecule has 1 heterocycles. The molecular weight excluding hydrogens is 238 g/mol. The van der Waals surface area contributed by atoms with Gasteiger partial charge in [0.1, 0.15) is 0 Å². The molecule has 0 aliphatic heterocycles. The number of rotatable bonds is 2. The van der Waals surface area contributed by atoms with E-state index in [4.69, 9.17) is 5.11 Å². The van der Waals surface area contributed by atoms with Gasteiger partial charge >= 0.3 is 5.97 Å². The van der Waals surface area contributed by atoms with Crippen molar-refractivity contribution in [3.8, 4) is 0 Å². The molecule has 0 radical (unpaired) electrons. The van der Waals surface area contributed by atoms with Crippen molar-refractivity contribution in [2.45, 2.75) is 25.7 Å². The number of carbonyl (C=O) groups is 1. The highest BCUT2D eigenvalue weighted by Crippen LogP contribution is 2.38. The van der Waals surface area contributed by atoms with E-state index in [-0.39, 0.29) is 5.92 Å². The number of aromatic nitrogens is 1. The summed E-state index contributed by atoms with van der Waals surface area (Å²) in [6.45, 7) is 2.03. The quantitative estimate of drug-likeness (QED) is 0.894. The molecular formula is C16H15NO2. The SMILES string of the molecule is Cc1ccc(C(=O)O)cc1C1CCc2cccnc21. The molecule has 2 aromatic rings. The standard InChI is InChI=1S/C16H15NO2/c1-10-4-5-12(16(18)19)9-14(10)13-7-6-11-3-2-8-17-15(11)13/h2-5,8-9,13H,6-7H2,1H3,(H,18,19). The van der Waals surface area contributed by atoms with Gasteiger partial charge in [0.15, 0.2) is 0 Å². The zero-order valence-electron chi connectivity index (χ0n) is 10.8. The normalized spacial score (nSPS) is 17.2. The van der Waals surface area contributed by atoms with Crippen LogP contribution in [-0.4, -0.2) is 16.1 Å². The number of nitrogens with zero attached hydrogens (tertiary/aromatic N) is 1. The predicted molar refractivity (Wildman–Crippen MR) is 72.5 cm³/mol. The number of aromatic carboxylic acids is 1. The van der Waals surface area contributed by atoms with Crippen LogP contribution in [0.3, 0.4) is 0 Å². The summed E-state index contributed by atoms with van der Waals surface area (Å²) in [4.78, 5) is 15.6. The Kier molecular flexibility index (Phi) is 2.82. The van der Waals surface area contributed by atoms with E-state index in [1.54, 1.807) is 12.1 Å². The molecule has 1 aromatic heterocycles. The predicted octanol–water partition coefficient (Wildman–Crippen LogP) is 3.17. The first-order chi connectivity index (χ1) is 9.16. The van der Waals surface area contributed by atoms with E-state index in [2.05, 4.69) is 11.1 Å². The third-order valence-corrected chi connectivity index (χ3v) is 3.86. The summed E-state index contributed by atoms with van der Waals surface area (Å²) < 4.78 is 0. The molecule has 3 rings (SSSR count). The van der Waals surface area contributed by atoms with E-state index in [9.17, 15) is 4.79 Å². The number of aryl methyl sites for hydroxylation is 2. The number of carboxylic acid groups (broad SMARTS) is 1. The average molecular weight is 253 g/mol. The monoisotopic (exact) mass is 253 g/mol. The molecule has 96 valence electrons. The Morgan fingerprint density at radius 1 is 1.37 bits per heavy atom. The lowest BCUT2D eigenvalue weighted by Gasteiger charge is -2.14. The van der Waals surface area contributed by atoms with E-state index in [1.165, 1.54) is 5.56 Å². The molecule has 1 aliphatic carbocycles. The molecule has 0 saturated carbocycles. The van der Waals surface area contributed by atoms with Gasteiger partial charge < -0.3 is 5.11 Å². The van der Waals surface area contributed by atoms with Crippen LogP contribution in [0.2, 0.25) is 0 Å². The van der Waals surface area contributed by atoms with Crippen LogP contribution in [0, 0.1) is 6.92 Å². The minimum Gasteiger partial charge on any atom is -0.478 e. The fourth-order valence-electron chi connectivity index (χ4n) is 2.86. The first kappa shape index (κ1) is 11.9. The summed E-state index contributed by atoms with van der Waals surface area (Å²) in [5.74, 6) is -0.643. The topological polar surface area (TPSA) is 50.2 Å². The van der Waals surface area contributed by atoms with Crippen molar-refractivity contribution >= 4 is 5.97 Å². The minimum atomic E-state index is -0.875. The van der Waals surface area contributed by atoms with Crippen molar-refractivity contribution in [1.29, 1.82) is 0 Å². The van der Waals surface area contributed by atoms with Crippen LogP contribution >= 0.6 is 0 Å². The van der Waals surface area contributed by atoms with Gasteiger partial charge in [-0.2, -0.15) is 0 Å². The molecule has 1 aliphatic rings. The van der Waals surface area contributed by atoms with Crippen molar-refractivity contribution in [2.24, 2.45) is 0 Å². The molecule has 1 unspecified atom stereocenters. The lowest BCUT2D eigenvalue weighted by molar-refractivity contribution is 0.0696. The number of carboxylic acids is 1. The maximum Gasteiger partial charge on any atom is 0.335 e. The minimum absolute atomic E-state index is 0.232. The van der Waals surface area contributed by atoms with E-state index in [1.807, 2.05) is 25.3 Å². The summed E-state index contributed by atoms with van der Waals surface area (Å²) in [5, 5.41) is 9.12. The first-order valence-electron chi connectivity index (χ1n) is 6.44. The highest BCUT2D eigenvalue weighted by atomic mass is 16.4. The van der Waals surface area contributed by atoms with Gasteiger partial charge in [0.2, 0.25) is 0 Å². The second kappa shape index (κ2) is 4.50. The first-order valence-corrected chi connectivity index (χ1v) is 6.44. The van der Waals surface area contributed by atoms with E-state index < -0.39 is 5.97 Å². The smallest absolute Gasteiger partial charge is 0.335 e. The number of hydrogen-bond donors (Lipinski definition) is 1. The Bertz CT molecular complexity index is 649. The summed E-state index contributed by atoms with van der Waals surface area (Å²) in [5.41, 5.74) is 4.97. The zero-order chi connectivity index (χ0) is 13.4. The van der Waals surface area contributed by atoms with Crippen molar-refractivity contribution in [3.05, 3.63) is 64.5 Å². The highest BCUT2D eigenvalue weighted by molar-refractivity contribution is 5.88. The van der Waals surface area contributed by atoms with Gasteiger partial charge in [-0.3, -0.25) is 4.98 Å². The van der Waals surface area contributed by atoms with Crippen molar-refractivity contribution in [1.82, 2.24) is 4.98 Å². The zero-order valence-corrected chi connectivity index (χ0v) is 10.8. The van der Waals surface area contributed by atoms with Gasteiger partial charge in [0, 0.05) is 12.1 Å². The third kappa shape index (κ3) is 2.01. The van der Waals surface area contributed by atoms with Crippen LogP contribution in [0.5, 0.6) is 0 Å². The van der Waals surface area contributed by atoms with Crippen LogP contribution in [0.4, 0.5) is 0 Å². The second-order valence-corrected chi connectivity index (χ2v) is 5.02. The van der Waals surface area contributed by atoms with Crippen molar-refractivity contribution in [3.63, 3.8) is 0 Å². The fraction of sp³-hybridized carbons (Fsp3) is 0.250. The molecule has 3 heteroatoms. The molecule has 19 heavy (non-hydrogen) atoms. The van der Waals surface area contributed by atoms with E-state index >= 15 is 0 Å². The van der Waals surface area contributed by atoms with Crippen LogP contribution in [0.25, 0.3) is 0 Å². The molecule has 1 N–H and O–H groups in total. The molecule has 0 bridgehead atoms. The van der Waals surface area contributed by atoms with Crippen LogP contribution < -0.4 is 0 Å². The Balaban J connectivity index is 2.09. The van der Waals surface area contributed by atoms with Crippen LogP contribution in [-0.2, 0) is 6.42 Å². The molecule has 1 atom stereocenters. The Morgan fingerprint density at radius 3 is 3.00 bits per heavy atom. The van der Waals surface area contributed by atoms with E-state index in [0.717, 1.165) is 29.7 Å². The van der Waals surface area contributed by atoms with E-state index in [0.29, 0.717) is 5.56 Å². The second-order valence-electron chi connectivity index (χ2n) is 5.02. The van der Waals surface area contributed by atoms with Crippen molar-refractivity contribution < 1.29 is 9.90 Å². The number of fused-ring (bicyclic) bond motifs is 1. The maximum absolute atomic E-state index is 11.1. The van der Waals surface area contributed by atoms with Gasteiger partial charge in [0.05, 0.1) is 11.3 Å². The number of hydrogen-bond acceptors (Lipinski definition) is 2. The third-order valence-electron chi connectivity index (χ3n) is 3.86. The molecule has 1 aromatic carbocycles. The molecule has 0 fully saturated rings. The van der Waals surface area contributed by atoms with Gasteiger partial charge in [-0.15, -0.1) is 0 Å².